The third-order valence-electron chi connectivity index (χ3n) is 5.02. The van der Waals surface area contributed by atoms with E-state index in [1.54, 1.807) is 25.4 Å². The number of aromatic nitrogens is 2. The number of carbonyl (C=O) groups excluding carboxylic acids is 1. The van der Waals surface area contributed by atoms with Gasteiger partial charge in [-0.15, -0.1) is 0 Å². The van der Waals surface area contributed by atoms with E-state index >= 15 is 0 Å². The Balaban J connectivity index is 1.79. The maximum absolute atomic E-state index is 14.6. The van der Waals surface area contributed by atoms with E-state index in [1.165, 1.54) is 0 Å². The van der Waals surface area contributed by atoms with Gasteiger partial charge in [0.05, 0.1) is 24.1 Å². The van der Waals surface area contributed by atoms with Crippen molar-refractivity contribution in [2.75, 3.05) is 36.2 Å². The normalized spacial score (nSPS) is 18.6. The molecule has 9 nitrogen and oxygen atoms in total. The number of pyridine rings is 2. The second-order valence-corrected chi connectivity index (χ2v) is 7.26. The Morgan fingerprint density at radius 3 is 2.77 bits per heavy atom. The van der Waals surface area contributed by atoms with E-state index in [0.717, 1.165) is 31.7 Å². The van der Waals surface area contributed by atoms with Crippen molar-refractivity contribution in [3.8, 4) is 0 Å². The number of nitrogens with two attached hydrogens (primary N) is 2. The van der Waals surface area contributed by atoms with Gasteiger partial charge < -0.3 is 32.2 Å². The lowest BCUT2D eigenvalue weighted by atomic mass is 9.91. The van der Waals surface area contributed by atoms with Crippen molar-refractivity contribution in [2.24, 2.45) is 11.5 Å². The van der Waals surface area contributed by atoms with Crippen molar-refractivity contribution in [2.45, 2.75) is 37.8 Å². The molecule has 0 radical (unpaired) electrons. The summed E-state index contributed by atoms with van der Waals surface area (Å²) in [6.45, 7) is 1.18. The molecule has 0 spiro atoms. The summed E-state index contributed by atoms with van der Waals surface area (Å²) in [5, 5.41) is 9.20. The zero-order valence-electron chi connectivity index (χ0n) is 17.0. The zero-order valence-corrected chi connectivity index (χ0v) is 17.0. The molecule has 2 aromatic heterocycles. The van der Waals surface area contributed by atoms with Crippen LogP contribution in [0.5, 0.6) is 0 Å². The number of nitrogens with zero attached hydrogens (tertiary/aromatic N) is 2. The Hall–Kier alpha value is -2.98. The summed E-state index contributed by atoms with van der Waals surface area (Å²) in [5.74, 6) is -0.569. The number of primary amides is 1. The maximum Gasteiger partial charge on any atom is 0.252 e. The lowest BCUT2D eigenvalue weighted by Gasteiger charge is -2.30. The van der Waals surface area contributed by atoms with Crippen LogP contribution in [0.1, 0.15) is 36.0 Å². The van der Waals surface area contributed by atoms with Crippen LogP contribution in [-0.4, -0.2) is 48.2 Å². The number of rotatable bonds is 9. The van der Waals surface area contributed by atoms with Gasteiger partial charge in [0.25, 0.3) is 5.91 Å². The Labute approximate surface area is 174 Å². The van der Waals surface area contributed by atoms with Gasteiger partial charge in [-0.25, -0.2) is 14.4 Å². The van der Waals surface area contributed by atoms with Gasteiger partial charge >= 0.3 is 0 Å². The number of ether oxygens (including phenoxy) is 1. The monoisotopic (exact) mass is 417 g/mol. The standard InChI is InChI=1S/C20H28FN7O2/c1-30-9-8-24-17-7-6-12(11-25-17)26-19-13(18(23)29)10-14(21)20(28-19)27-16-5-3-2-4-15(16)22/h6-7,10-11,15-16H,2-5,8-9,22H2,1H3,(H2,23,29)(H,24,25)(H2,26,27,28)/t15-,16+/m0/s1. The van der Waals surface area contributed by atoms with E-state index in [9.17, 15) is 9.18 Å². The van der Waals surface area contributed by atoms with Crippen molar-refractivity contribution in [3.05, 3.63) is 35.8 Å². The predicted octanol–water partition coefficient (Wildman–Crippen LogP) is 2.20. The number of anilines is 4. The quantitative estimate of drug-likeness (QED) is 0.391. The second-order valence-electron chi connectivity index (χ2n) is 7.26. The topological polar surface area (TPSA) is 140 Å². The van der Waals surface area contributed by atoms with Gasteiger partial charge in [-0.3, -0.25) is 4.79 Å². The first-order chi connectivity index (χ1) is 14.5. The molecule has 162 valence electrons. The van der Waals surface area contributed by atoms with E-state index < -0.39 is 11.7 Å². The molecule has 0 aromatic carbocycles. The fraction of sp³-hybridized carbons (Fsp3) is 0.450. The molecule has 1 amide bonds. The van der Waals surface area contributed by atoms with E-state index in [0.29, 0.717) is 24.7 Å². The van der Waals surface area contributed by atoms with E-state index in [4.69, 9.17) is 16.2 Å². The molecule has 30 heavy (non-hydrogen) atoms. The SMILES string of the molecule is COCCNc1ccc(Nc2nc(N[C@@H]3CCCC[C@@H]3N)c(F)cc2C(N)=O)cn1. The Morgan fingerprint density at radius 2 is 2.10 bits per heavy atom. The summed E-state index contributed by atoms with van der Waals surface area (Å²) in [5.41, 5.74) is 12.1. The lowest BCUT2D eigenvalue weighted by Crippen LogP contribution is -2.43. The van der Waals surface area contributed by atoms with Crippen LogP contribution in [0.25, 0.3) is 0 Å². The fourth-order valence-electron chi connectivity index (χ4n) is 3.38. The summed E-state index contributed by atoms with van der Waals surface area (Å²) in [6, 6.07) is 4.47. The molecule has 1 aliphatic carbocycles. The second kappa shape index (κ2) is 10.2. The Bertz CT molecular complexity index is 863. The van der Waals surface area contributed by atoms with Crippen molar-refractivity contribution >= 4 is 29.0 Å². The van der Waals surface area contributed by atoms with Gasteiger partial charge in [-0.2, -0.15) is 0 Å². The lowest BCUT2D eigenvalue weighted by molar-refractivity contribution is 0.100. The predicted molar refractivity (Wildman–Crippen MR) is 114 cm³/mol. The number of nitrogens with one attached hydrogen (secondary N) is 3. The molecule has 1 fully saturated rings. The summed E-state index contributed by atoms with van der Waals surface area (Å²) >= 11 is 0. The molecule has 1 saturated carbocycles. The number of methoxy groups -OCH3 is 1. The minimum absolute atomic E-state index is 0.0376. The van der Waals surface area contributed by atoms with Crippen LogP contribution in [0.3, 0.4) is 0 Å². The number of hydrogen-bond acceptors (Lipinski definition) is 8. The number of halogens is 1. The molecular formula is C20H28FN7O2. The molecule has 0 bridgehead atoms. The highest BCUT2D eigenvalue weighted by Gasteiger charge is 2.24. The van der Waals surface area contributed by atoms with Gasteiger partial charge in [0.2, 0.25) is 0 Å². The number of amides is 1. The van der Waals surface area contributed by atoms with Crippen molar-refractivity contribution in [1.82, 2.24) is 9.97 Å². The smallest absolute Gasteiger partial charge is 0.252 e. The van der Waals surface area contributed by atoms with Crippen molar-refractivity contribution in [3.63, 3.8) is 0 Å². The van der Waals surface area contributed by atoms with Gasteiger partial charge in [-0.1, -0.05) is 12.8 Å². The zero-order chi connectivity index (χ0) is 21.5. The molecule has 2 heterocycles. The van der Waals surface area contributed by atoms with Crippen LogP contribution in [0.2, 0.25) is 0 Å². The number of carbonyl (C=O) groups is 1. The van der Waals surface area contributed by atoms with Crippen LogP contribution in [0, 0.1) is 5.82 Å². The molecule has 1 aliphatic rings. The van der Waals surface area contributed by atoms with Crippen LogP contribution in [0.4, 0.5) is 27.5 Å². The highest BCUT2D eigenvalue weighted by molar-refractivity contribution is 5.98. The number of hydrogen-bond donors (Lipinski definition) is 5. The largest absolute Gasteiger partial charge is 0.383 e. The van der Waals surface area contributed by atoms with E-state index in [1.807, 2.05) is 0 Å². The van der Waals surface area contributed by atoms with Crippen molar-refractivity contribution in [1.29, 1.82) is 0 Å². The average Bonchev–Trinajstić information content (AvgIpc) is 2.73. The first-order valence-electron chi connectivity index (χ1n) is 9.96. The first kappa shape index (κ1) is 21.7. The van der Waals surface area contributed by atoms with Gasteiger partial charge in [0, 0.05) is 25.7 Å². The molecule has 10 heteroatoms. The average molecular weight is 417 g/mol. The third-order valence-corrected chi connectivity index (χ3v) is 5.02. The van der Waals surface area contributed by atoms with E-state index in [2.05, 4.69) is 25.9 Å². The summed E-state index contributed by atoms with van der Waals surface area (Å²) in [4.78, 5) is 20.4. The van der Waals surface area contributed by atoms with Crippen LogP contribution in [-0.2, 0) is 4.74 Å². The van der Waals surface area contributed by atoms with Crippen LogP contribution in [0.15, 0.2) is 24.4 Å². The summed E-state index contributed by atoms with van der Waals surface area (Å²) in [7, 11) is 1.62. The van der Waals surface area contributed by atoms with Gasteiger partial charge in [0.15, 0.2) is 11.6 Å². The van der Waals surface area contributed by atoms with Crippen molar-refractivity contribution < 1.29 is 13.9 Å². The van der Waals surface area contributed by atoms with E-state index in [-0.39, 0.29) is 29.3 Å². The minimum Gasteiger partial charge on any atom is -0.383 e. The van der Waals surface area contributed by atoms with Gasteiger partial charge in [-0.05, 0) is 31.0 Å². The van der Waals surface area contributed by atoms with Gasteiger partial charge in [0.1, 0.15) is 11.6 Å². The molecular weight excluding hydrogens is 389 g/mol. The Kier molecular flexibility index (Phi) is 7.36. The summed E-state index contributed by atoms with van der Waals surface area (Å²) < 4.78 is 19.6. The highest BCUT2D eigenvalue weighted by Crippen LogP contribution is 2.26. The Morgan fingerprint density at radius 1 is 1.30 bits per heavy atom. The maximum atomic E-state index is 14.6. The molecule has 2 atom stereocenters. The summed E-state index contributed by atoms with van der Waals surface area (Å²) in [6.07, 6.45) is 5.37. The molecule has 0 saturated heterocycles. The highest BCUT2D eigenvalue weighted by atomic mass is 19.1. The first-order valence-corrected chi connectivity index (χ1v) is 9.96. The molecule has 2 aromatic rings. The molecule has 3 rings (SSSR count). The third kappa shape index (κ3) is 5.55. The molecule has 7 N–H and O–H groups in total. The molecule has 0 unspecified atom stereocenters. The van der Waals surface area contributed by atoms with Crippen LogP contribution < -0.4 is 27.4 Å². The van der Waals surface area contributed by atoms with Crippen LogP contribution >= 0.6 is 0 Å². The fourth-order valence-corrected chi connectivity index (χ4v) is 3.38. The minimum atomic E-state index is -0.782. The molecule has 0 aliphatic heterocycles.